The van der Waals surface area contributed by atoms with Crippen LogP contribution in [0.2, 0.25) is 0 Å². The van der Waals surface area contributed by atoms with E-state index in [-0.39, 0.29) is 0 Å². The Morgan fingerprint density at radius 1 is 1.00 bits per heavy atom. The number of rotatable bonds is 10. The van der Waals surface area contributed by atoms with Gasteiger partial charge in [0.25, 0.3) is 11.8 Å². The van der Waals surface area contributed by atoms with Crippen molar-refractivity contribution in [1.29, 1.82) is 0 Å². The molecule has 190 valence electrons. The first-order chi connectivity index (χ1) is 17.5. The van der Waals surface area contributed by atoms with Gasteiger partial charge in [-0.15, -0.1) is 5.06 Å². The van der Waals surface area contributed by atoms with E-state index in [1.54, 1.807) is 60.7 Å². The second-order valence-electron chi connectivity index (χ2n) is 7.78. The average Bonchev–Trinajstić information content (AvgIpc) is 2.92. The number of nitrogens with zero attached hydrogens (tertiary/aromatic N) is 3. The first-order valence-corrected chi connectivity index (χ1v) is 11.2. The Morgan fingerprint density at radius 2 is 1.56 bits per heavy atom. The Bertz CT molecular complexity index is 1120. The number of hydrogen-bond donors (Lipinski definition) is 1. The number of aromatic nitrogens is 2. The summed E-state index contributed by atoms with van der Waals surface area (Å²) in [4.78, 5) is 26.2. The van der Waals surface area contributed by atoms with E-state index in [0.717, 1.165) is 0 Å². The molecule has 0 spiro atoms. The highest BCUT2D eigenvalue weighted by Gasteiger charge is 2.49. The number of carboxylic acids is 1. The van der Waals surface area contributed by atoms with Gasteiger partial charge in [0.2, 0.25) is 11.9 Å². The molecule has 11 heteroatoms. The molecule has 2 aromatic carbocycles. The zero-order chi connectivity index (χ0) is 25.5. The normalized spacial score (nSPS) is 15.2. The van der Waals surface area contributed by atoms with Crippen molar-refractivity contribution in [3.05, 3.63) is 77.6 Å². The third kappa shape index (κ3) is 5.08. The number of halogens is 1. The average molecular weight is 499 g/mol. The van der Waals surface area contributed by atoms with E-state index in [0.29, 0.717) is 37.4 Å². The number of methoxy groups -OCH3 is 2. The lowest BCUT2D eigenvalue weighted by Crippen LogP contribution is -2.50. The van der Waals surface area contributed by atoms with Crippen LogP contribution in [0.3, 0.4) is 0 Å². The maximum atomic E-state index is 14.9. The number of aliphatic carboxylic acids is 1. The minimum absolute atomic E-state index is 0.383. The van der Waals surface area contributed by atoms with E-state index in [1.165, 1.54) is 19.3 Å². The van der Waals surface area contributed by atoms with Crippen molar-refractivity contribution in [3.63, 3.8) is 0 Å². The second kappa shape index (κ2) is 11.3. The molecule has 0 aliphatic carbocycles. The van der Waals surface area contributed by atoms with Crippen molar-refractivity contribution >= 4 is 5.97 Å². The lowest BCUT2D eigenvalue weighted by atomic mass is 9.81. The summed E-state index contributed by atoms with van der Waals surface area (Å²) >= 11 is 0. The summed E-state index contributed by atoms with van der Waals surface area (Å²) < 4.78 is 37.0. The van der Waals surface area contributed by atoms with Crippen molar-refractivity contribution < 1.29 is 38.1 Å². The van der Waals surface area contributed by atoms with Crippen LogP contribution in [-0.2, 0) is 19.9 Å². The summed E-state index contributed by atoms with van der Waals surface area (Å²) in [6, 6.07) is 17.1. The van der Waals surface area contributed by atoms with Gasteiger partial charge in [0.05, 0.1) is 33.4 Å². The van der Waals surface area contributed by atoms with E-state index in [1.807, 2.05) is 0 Å². The Labute approximate surface area is 207 Å². The number of carboxylic acid groups (broad SMARTS) is 1. The summed E-state index contributed by atoms with van der Waals surface area (Å²) in [6.07, 6.45) is -1.68. The number of morpholine rings is 1. The number of carbonyl (C=O) groups is 1. The lowest BCUT2D eigenvalue weighted by molar-refractivity contribution is -0.161. The molecule has 1 unspecified atom stereocenters. The molecule has 1 aromatic heterocycles. The van der Waals surface area contributed by atoms with Gasteiger partial charge in [0.1, 0.15) is 0 Å². The fourth-order valence-corrected chi connectivity index (χ4v) is 3.99. The topological polar surface area (TPSA) is 112 Å². The molecule has 1 saturated heterocycles. The zero-order valence-electron chi connectivity index (χ0n) is 19.8. The van der Waals surface area contributed by atoms with Gasteiger partial charge < -0.3 is 28.9 Å². The Hall–Kier alpha value is -3.80. The van der Waals surface area contributed by atoms with Crippen LogP contribution in [0.5, 0.6) is 17.8 Å². The van der Waals surface area contributed by atoms with Crippen LogP contribution in [-0.4, -0.2) is 72.7 Å². The van der Waals surface area contributed by atoms with Crippen LogP contribution in [0.15, 0.2) is 60.7 Å². The molecule has 3 aromatic rings. The van der Waals surface area contributed by atoms with Crippen LogP contribution in [0, 0.1) is 5.82 Å². The van der Waals surface area contributed by atoms with Gasteiger partial charge in [-0.1, -0.05) is 60.7 Å². The van der Waals surface area contributed by atoms with Crippen LogP contribution in [0.1, 0.15) is 11.1 Å². The van der Waals surface area contributed by atoms with Crippen LogP contribution in [0.4, 0.5) is 4.39 Å². The molecule has 1 aliphatic heterocycles. The van der Waals surface area contributed by atoms with E-state index < -0.39 is 41.3 Å². The molecule has 0 radical (unpaired) electrons. The van der Waals surface area contributed by atoms with E-state index in [2.05, 4.69) is 9.97 Å². The van der Waals surface area contributed by atoms with Crippen molar-refractivity contribution in [1.82, 2.24) is 15.0 Å². The van der Waals surface area contributed by atoms with Gasteiger partial charge in [-0.25, -0.2) is 4.79 Å². The Balaban J connectivity index is 1.78. The Kier molecular flexibility index (Phi) is 7.93. The molecule has 2 heterocycles. The van der Waals surface area contributed by atoms with E-state index >= 15 is 0 Å². The quantitative estimate of drug-likeness (QED) is 0.447. The molecule has 0 bridgehead atoms. The summed E-state index contributed by atoms with van der Waals surface area (Å²) in [6.45, 7) is 1.57. The maximum absolute atomic E-state index is 14.9. The van der Waals surface area contributed by atoms with Crippen LogP contribution >= 0.6 is 0 Å². The SMILES string of the molecule is COc1nc(OC(C(=O)O)C(OC)(c2ccccc2)c2ccccc2)nc(ON2CCOCC2)c1F. The minimum atomic E-state index is -1.68. The Morgan fingerprint density at radius 3 is 2.06 bits per heavy atom. The maximum Gasteiger partial charge on any atom is 0.348 e. The molecule has 1 atom stereocenters. The summed E-state index contributed by atoms with van der Waals surface area (Å²) in [7, 11) is 2.61. The predicted molar refractivity (Wildman–Crippen MR) is 124 cm³/mol. The molecule has 4 rings (SSSR count). The number of hydrogen-bond acceptors (Lipinski definition) is 9. The largest absolute Gasteiger partial charge is 0.479 e. The number of hydroxylamine groups is 2. The molecular formula is C25H26FN3O7. The summed E-state index contributed by atoms with van der Waals surface area (Å²) in [5.74, 6) is -3.24. The van der Waals surface area contributed by atoms with E-state index in [4.69, 9.17) is 23.8 Å². The van der Waals surface area contributed by atoms with Crippen molar-refractivity contribution in [2.75, 3.05) is 40.5 Å². The first-order valence-electron chi connectivity index (χ1n) is 11.2. The van der Waals surface area contributed by atoms with Crippen molar-refractivity contribution in [2.45, 2.75) is 11.7 Å². The van der Waals surface area contributed by atoms with Crippen LogP contribution < -0.4 is 14.3 Å². The highest BCUT2D eigenvalue weighted by molar-refractivity contribution is 5.76. The molecule has 36 heavy (non-hydrogen) atoms. The minimum Gasteiger partial charge on any atom is -0.479 e. The van der Waals surface area contributed by atoms with Gasteiger partial charge >= 0.3 is 12.0 Å². The molecule has 1 fully saturated rings. The van der Waals surface area contributed by atoms with Gasteiger partial charge in [-0.3, -0.25) is 0 Å². The third-order valence-electron chi connectivity index (χ3n) is 5.69. The summed E-state index contributed by atoms with van der Waals surface area (Å²) in [5, 5.41) is 11.8. The van der Waals surface area contributed by atoms with Gasteiger partial charge in [-0.2, -0.15) is 14.4 Å². The lowest BCUT2D eigenvalue weighted by Gasteiger charge is -2.37. The smallest absolute Gasteiger partial charge is 0.348 e. The van der Waals surface area contributed by atoms with Crippen molar-refractivity contribution in [2.24, 2.45) is 0 Å². The second-order valence-corrected chi connectivity index (χ2v) is 7.78. The fraction of sp³-hybridized carbons (Fsp3) is 0.320. The summed E-state index contributed by atoms with van der Waals surface area (Å²) in [5.41, 5.74) is -0.570. The first kappa shape index (κ1) is 25.3. The van der Waals surface area contributed by atoms with Gasteiger partial charge in [0, 0.05) is 7.11 Å². The molecule has 0 saturated carbocycles. The number of ether oxygens (including phenoxy) is 4. The standard InChI is InChI=1S/C25H26FN3O7/c1-32-21-19(26)22(36-29-13-15-34-16-14-29)28-24(27-21)35-20(23(30)31)25(33-2,17-9-5-3-6-10-17)18-11-7-4-8-12-18/h3-12,20H,13-16H2,1-2H3,(H,30,31). The number of benzene rings is 2. The van der Waals surface area contributed by atoms with Crippen molar-refractivity contribution in [3.8, 4) is 17.8 Å². The third-order valence-corrected chi connectivity index (χ3v) is 5.69. The molecule has 1 aliphatic rings. The van der Waals surface area contributed by atoms with Gasteiger partial charge in [-0.05, 0) is 11.1 Å². The molecule has 10 nitrogen and oxygen atoms in total. The monoisotopic (exact) mass is 499 g/mol. The predicted octanol–water partition coefficient (Wildman–Crippen LogP) is 2.67. The molecule has 0 amide bonds. The highest BCUT2D eigenvalue weighted by Crippen LogP contribution is 2.39. The van der Waals surface area contributed by atoms with E-state index in [9.17, 15) is 14.3 Å². The fourth-order valence-electron chi connectivity index (χ4n) is 3.99. The molecular weight excluding hydrogens is 473 g/mol. The van der Waals surface area contributed by atoms with Crippen LogP contribution in [0.25, 0.3) is 0 Å². The zero-order valence-corrected chi connectivity index (χ0v) is 19.8. The molecule has 1 N–H and O–H groups in total. The highest BCUT2D eigenvalue weighted by atomic mass is 19.1. The van der Waals surface area contributed by atoms with Gasteiger partial charge in [0.15, 0.2) is 5.60 Å².